The molecule has 0 atom stereocenters. The number of aromatic nitrogens is 2. The average molecular weight is 254 g/mol. The monoisotopic (exact) mass is 254 g/mol. The first kappa shape index (κ1) is 13.7. The van der Waals surface area contributed by atoms with Gasteiger partial charge >= 0.3 is 5.97 Å². The summed E-state index contributed by atoms with van der Waals surface area (Å²) < 4.78 is 9.22. The number of carbonyl (C=O) groups is 2. The van der Waals surface area contributed by atoms with E-state index in [1.54, 1.807) is 13.8 Å². The largest absolute Gasteiger partial charge is 0.463 e. The summed E-state index contributed by atoms with van der Waals surface area (Å²) in [5, 5.41) is 12.2. The summed E-state index contributed by atoms with van der Waals surface area (Å²) in [6.07, 6.45) is 1.26. The maximum atomic E-state index is 11.2. The van der Waals surface area contributed by atoms with E-state index in [0.29, 0.717) is 12.3 Å². The quantitative estimate of drug-likeness (QED) is 0.594. The highest BCUT2D eigenvalue weighted by molar-refractivity contribution is 5.90. The SMILES string of the molecule is CCOC(=O)/C=C(/C)Nc1nonc1NC(C)=O. The number of esters is 1. The van der Waals surface area contributed by atoms with Crippen molar-refractivity contribution in [1.82, 2.24) is 10.3 Å². The van der Waals surface area contributed by atoms with E-state index in [4.69, 9.17) is 4.74 Å². The molecule has 0 aliphatic heterocycles. The van der Waals surface area contributed by atoms with E-state index in [-0.39, 0.29) is 17.5 Å². The Hall–Kier alpha value is -2.38. The maximum Gasteiger partial charge on any atom is 0.332 e. The number of nitrogens with one attached hydrogen (secondary N) is 2. The second-order valence-corrected chi connectivity index (χ2v) is 3.35. The zero-order chi connectivity index (χ0) is 13.5. The predicted octanol–water partition coefficient (Wildman–Crippen LogP) is 0.907. The highest BCUT2D eigenvalue weighted by atomic mass is 16.6. The van der Waals surface area contributed by atoms with Gasteiger partial charge in [-0.1, -0.05) is 0 Å². The molecule has 8 nitrogen and oxygen atoms in total. The van der Waals surface area contributed by atoms with Gasteiger partial charge in [0, 0.05) is 18.7 Å². The molecule has 8 heteroatoms. The van der Waals surface area contributed by atoms with Gasteiger partial charge in [0.05, 0.1) is 6.61 Å². The third-order valence-corrected chi connectivity index (χ3v) is 1.72. The molecule has 1 heterocycles. The smallest absolute Gasteiger partial charge is 0.332 e. The van der Waals surface area contributed by atoms with Gasteiger partial charge in [0.2, 0.25) is 17.5 Å². The van der Waals surface area contributed by atoms with Crippen LogP contribution in [0, 0.1) is 0 Å². The minimum absolute atomic E-state index is 0.152. The molecule has 1 aromatic heterocycles. The Bertz CT molecular complexity index is 466. The fourth-order valence-electron chi connectivity index (χ4n) is 1.10. The molecule has 1 aromatic rings. The van der Waals surface area contributed by atoms with Gasteiger partial charge in [0.25, 0.3) is 0 Å². The van der Waals surface area contributed by atoms with Crippen LogP contribution < -0.4 is 10.6 Å². The van der Waals surface area contributed by atoms with Gasteiger partial charge in [-0.15, -0.1) is 0 Å². The molecular formula is C10H14N4O4. The van der Waals surface area contributed by atoms with Crippen molar-refractivity contribution in [1.29, 1.82) is 0 Å². The van der Waals surface area contributed by atoms with Crippen molar-refractivity contribution in [3.63, 3.8) is 0 Å². The Morgan fingerprint density at radius 2 is 1.89 bits per heavy atom. The number of anilines is 2. The first-order valence-corrected chi connectivity index (χ1v) is 5.25. The van der Waals surface area contributed by atoms with Crippen LogP contribution in [0.25, 0.3) is 0 Å². The van der Waals surface area contributed by atoms with Crippen LogP contribution in [0.15, 0.2) is 16.4 Å². The first-order chi connectivity index (χ1) is 8.52. The molecule has 0 aliphatic carbocycles. The van der Waals surface area contributed by atoms with E-state index >= 15 is 0 Å². The number of nitrogens with zero attached hydrogens (tertiary/aromatic N) is 2. The topological polar surface area (TPSA) is 106 Å². The molecular weight excluding hydrogens is 240 g/mol. The second kappa shape index (κ2) is 6.38. The van der Waals surface area contributed by atoms with Gasteiger partial charge in [-0.2, -0.15) is 0 Å². The third-order valence-electron chi connectivity index (χ3n) is 1.72. The number of ether oxygens (including phenoxy) is 1. The summed E-state index contributed by atoms with van der Waals surface area (Å²) in [7, 11) is 0. The number of rotatable bonds is 5. The van der Waals surface area contributed by atoms with Crippen molar-refractivity contribution >= 4 is 23.5 Å². The van der Waals surface area contributed by atoms with Gasteiger partial charge in [-0.3, -0.25) is 4.79 Å². The number of carbonyl (C=O) groups excluding carboxylic acids is 2. The fourth-order valence-corrected chi connectivity index (χ4v) is 1.10. The van der Waals surface area contributed by atoms with E-state index in [9.17, 15) is 9.59 Å². The lowest BCUT2D eigenvalue weighted by molar-refractivity contribution is -0.137. The van der Waals surface area contributed by atoms with Gasteiger partial charge in [-0.05, 0) is 24.2 Å². The van der Waals surface area contributed by atoms with Crippen molar-refractivity contribution in [2.75, 3.05) is 17.2 Å². The normalized spacial score (nSPS) is 10.9. The van der Waals surface area contributed by atoms with Crippen molar-refractivity contribution < 1.29 is 19.0 Å². The van der Waals surface area contributed by atoms with Gasteiger partial charge in [0.15, 0.2) is 0 Å². The van der Waals surface area contributed by atoms with Crippen LogP contribution in [0.3, 0.4) is 0 Å². The lowest BCUT2D eigenvalue weighted by atomic mass is 10.4. The van der Waals surface area contributed by atoms with Crippen LogP contribution in [-0.4, -0.2) is 28.8 Å². The lowest BCUT2D eigenvalue weighted by Crippen LogP contribution is -2.09. The molecule has 0 spiro atoms. The molecule has 2 N–H and O–H groups in total. The van der Waals surface area contributed by atoms with Crippen LogP contribution in [-0.2, 0) is 14.3 Å². The highest BCUT2D eigenvalue weighted by Gasteiger charge is 2.11. The van der Waals surface area contributed by atoms with E-state index in [2.05, 4.69) is 25.6 Å². The Morgan fingerprint density at radius 3 is 2.44 bits per heavy atom. The number of amides is 1. The van der Waals surface area contributed by atoms with Gasteiger partial charge < -0.3 is 15.4 Å². The molecule has 0 radical (unpaired) electrons. The van der Waals surface area contributed by atoms with Crippen LogP contribution in [0.1, 0.15) is 20.8 Å². The molecule has 0 aromatic carbocycles. The van der Waals surface area contributed by atoms with Gasteiger partial charge in [-0.25, -0.2) is 9.42 Å². The Balaban J connectivity index is 2.69. The van der Waals surface area contributed by atoms with Crippen LogP contribution >= 0.6 is 0 Å². The summed E-state index contributed by atoms with van der Waals surface area (Å²) >= 11 is 0. The first-order valence-electron chi connectivity index (χ1n) is 5.25. The molecule has 1 amide bonds. The average Bonchev–Trinajstić information content (AvgIpc) is 2.64. The number of hydrogen-bond acceptors (Lipinski definition) is 7. The predicted molar refractivity (Wildman–Crippen MR) is 62.6 cm³/mol. The summed E-state index contributed by atoms with van der Waals surface area (Å²) in [5.74, 6) is -0.414. The summed E-state index contributed by atoms with van der Waals surface area (Å²) in [6.45, 7) is 4.99. The Labute approximate surface area is 103 Å². The van der Waals surface area contributed by atoms with E-state index < -0.39 is 5.97 Å². The van der Waals surface area contributed by atoms with E-state index in [1.165, 1.54) is 13.0 Å². The summed E-state index contributed by atoms with van der Waals surface area (Å²) in [4.78, 5) is 22.1. The standard InChI is InChI=1S/C10H14N4O4/c1-4-17-8(16)5-6(2)11-9-10(12-7(3)15)14-18-13-9/h5H,4H2,1-3H3,(H,11,13)(H,12,14,15)/b6-5-. The van der Waals surface area contributed by atoms with E-state index in [0.717, 1.165) is 0 Å². The molecule has 0 unspecified atom stereocenters. The molecule has 0 saturated heterocycles. The molecule has 1 rings (SSSR count). The third kappa shape index (κ3) is 4.24. The van der Waals surface area contributed by atoms with E-state index in [1.807, 2.05) is 0 Å². The minimum Gasteiger partial charge on any atom is -0.463 e. The molecule has 0 aliphatic rings. The fraction of sp³-hybridized carbons (Fsp3) is 0.400. The zero-order valence-corrected chi connectivity index (χ0v) is 10.3. The molecule has 0 saturated carbocycles. The van der Waals surface area contributed by atoms with Crippen molar-refractivity contribution in [2.45, 2.75) is 20.8 Å². The van der Waals surface area contributed by atoms with Gasteiger partial charge in [0.1, 0.15) is 0 Å². The van der Waals surface area contributed by atoms with Crippen molar-refractivity contribution in [3.8, 4) is 0 Å². The number of allylic oxidation sites excluding steroid dienone is 1. The molecule has 18 heavy (non-hydrogen) atoms. The zero-order valence-electron chi connectivity index (χ0n) is 10.3. The minimum atomic E-state index is -0.472. The maximum absolute atomic E-state index is 11.2. The van der Waals surface area contributed by atoms with Crippen LogP contribution in [0.5, 0.6) is 0 Å². The summed E-state index contributed by atoms with van der Waals surface area (Å²) in [5.41, 5.74) is 0.482. The second-order valence-electron chi connectivity index (χ2n) is 3.35. The van der Waals surface area contributed by atoms with Crippen molar-refractivity contribution in [2.24, 2.45) is 0 Å². The van der Waals surface area contributed by atoms with Crippen LogP contribution in [0.2, 0.25) is 0 Å². The van der Waals surface area contributed by atoms with Crippen molar-refractivity contribution in [3.05, 3.63) is 11.8 Å². The Morgan fingerprint density at radius 1 is 1.28 bits per heavy atom. The lowest BCUT2D eigenvalue weighted by Gasteiger charge is -2.04. The highest BCUT2D eigenvalue weighted by Crippen LogP contribution is 2.17. The molecule has 0 bridgehead atoms. The Kier molecular flexibility index (Phi) is 4.85. The number of hydrogen-bond donors (Lipinski definition) is 2. The van der Waals surface area contributed by atoms with Crippen LogP contribution in [0.4, 0.5) is 11.6 Å². The molecule has 0 fully saturated rings. The summed E-state index contributed by atoms with van der Waals surface area (Å²) in [6, 6.07) is 0. The molecule has 98 valence electrons.